The molecular formula is C6H7O6-. The molecule has 1 unspecified atom stereocenters. The third-order valence-electron chi connectivity index (χ3n) is 1.18. The first-order valence-corrected chi connectivity index (χ1v) is 3.08. The predicted molar refractivity (Wildman–Crippen MR) is 33.0 cm³/mol. The average Bonchev–Trinajstić information content (AvgIpc) is 1.83. The van der Waals surface area contributed by atoms with E-state index in [4.69, 9.17) is 10.2 Å². The highest BCUT2D eigenvalue weighted by atomic mass is 16.4. The molecule has 0 fully saturated rings. The Balaban J connectivity index is 4.14. The summed E-state index contributed by atoms with van der Waals surface area (Å²) in [7, 11) is 0. The van der Waals surface area contributed by atoms with E-state index in [1.807, 2.05) is 0 Å². The van der Waals surface area contributed by atoms with Crippen LogP contribution >= 0.6 is 0 Å². The smallest absolute Gasteiger partial charge is 0.307 e. The topological polar surface area (TPSA) is 115 Å². The van der Waals surface area contributed by atoms with E-state index >= 15 is 0 Å². The molecule has 0 aliphatic rings. The Labute approximate surface area is 67.4 Å². The van der Waals surface area contributed by atoms with Gasteiger partial charge in [-0.25, -0.2) is 0 Å². The lowest BCUT2D eigenvalue weighted by molar-refractivity contribution is -0.306. The molecule has 0 rings (SSSR count). The molecule has 0 aliphatic carbocycles. The molecule has 0 spiro atoms. The molecule has 0 aromatic heterocycles. The number of aliphatic carboxylic acids is 3. The molecule has 0 radical (unpaired) electrons. The number of rotatable bonds is 5. The normalized spacial score (nSPS) is 12.0. The molecule has 0 heterocycles. The highest BCUT2D eigenvalue weighted by Gasteiger charge is 2.20. The van der Waals surface area contributed by atoms with Crippen LogP contribution in [-0.2, 0) is 14.4 Å². The summed E-state index contributed by atoms with van der Waals surface area (Å²) in [5.74, 6) is -5.76. The summed E-state index contributed by atoms with van der Waals surface area (Å²) >= 11 is 0. The van der Waals surface area contributed by atoms with Crippen molar-refractivity contribution >= 4 is 17.9 Å². The van der Waals surface area contributed by atoms with Crippen molar-refractivity contribution in [2.75, 3.05) is 0 Å². The molecule has 12 heavy (non-hydrogen) atoms. The summed E-state index contributed by atoms with van der Waals surface area (Å²) in [4.78, 5) is 30.2. The van der Waals surface area contributed by atoms with E-state index in [9.17, 15) is 19.5 Å². The van der Waals surface area contributed by atoms with Crippen molar-refractivity contribution in [3.63, 3.8) is 0 Å². The number of carbonyl (C=O) groups is 3. The Kier molecular flexibility index (Phi) is 3.75. The summed E-state index contributed by atoms with van der Waals surface area (Å²) in [5, 5.41) is 26.4. The average molecular weight is 175 g/mol. The van der Waals surface area contributed by atoms with Crippen molar-refractivity contribution in [1.29, 1.82) is 0 Å². The van der Waals surface area contributed by atoms with Crippen molar-refractivity contribution < 1.29 is 29.7 Å². The van der Waals surface area contributed by atoms with E-state index in [1.165, 1.54) is 0 Å². The minimum absolute atomic E-state index is 0.705. The van der Waals surface area contributed by atoms with Gasteiger partial charge in [0.1, 0.15) is 0 Å². The predicted octanol–water partition coefficient (Wildman–Crippen LogP) is -1.70. The van der Waals surface area contributed by atoms with Gasteiger partial charge in [0.15, 0.2) is 0 Å². The third kappa shape index (κ3) is 4.26. The summed E-state index contributed by atoms with van der Waals surface area (Å²) in [6.07, 6.45) is -1.48. The van der Waals surface area contributed by atoms with Gasteiger partial charge in [-0.15, -0.1) is 0 Å². The van der Waals surface area contributed by atoms with Crippen molar-refractivity contribution in [2.24, 2.45) is 5.92 Å². The van der Waals surface area contributed by atoms with Gasteiger partial charge in [0, 0.05) is 12.4 Å². The Morgan fingerprint density at radius 2 is 1.67 bits per heavy atom. The molecule has 0 aliphatic heterocycles. The first kappa shape index (κ1) is 10.4. The van der Waals surface area contributed by atoms with Gasteiger partial charge in [-0.1, -0.05) is 0 Å². The number of hydrogen-bond acceptors (Lipinski definition) is 4. The van der Waals surface area contributed by atoms with E-state index in [0.29, 0.717) is 0 Å². The van der Waals surface area contributed by atoms with Gasteiger partial charge in [0.05, 0.1) is 12.3 Å². The van der Waals surface area contributed by atoms with Crippen LogP contribution in [0.4, 0.5) is 0 Å². The fourth-order valence-corrected chi connectivity index (χ4v) is 0.659. The Morgan fingerprint density at radius 3 is 1.92 bits per heavy atom. The van der Waals surface area contributed by atoms with Crippen LogP contribution in [0.1, 0.15) is 12.8 Å². The maximum absolute atomic E-state index is 10.2. The van der Waals surface area contributed by atoms with Gasteiger partial charge in [0.25, 0.3) is 0 Å². The lowest BCUT2D eigenvalue weighted by Gasteiger charge is -2.09. The monoisotopic (exact) mass is 175 g/mol. The highest BCUT2D eigenvalue weighted by Crippen LogP contribution is 2.07. The first-order valence-electron chi connectivity index (χ1n) is 3.08. The molecule has 0 bridgehead atoms. The maximum Gasteiger partial charge on any atom is 0.307 e. The molecule has 2 N–H and O–H groups in total. The fourth-order valence-electron chi connectivity index (χ4n) is 0.659. The highest BCUT2D eigenvalue weighted by molar-refractivity contribution is 5.81. The number of carboxylic acids is 3. The van der Waals surface area contributed by atoms with Crippen LogP contribution in [0.25, 0.3) is 0 Å². The van der Waals surface area contributed by atoms with E-state index in [-0.39, 0.29) is 0 Å². The zero-order valence-electron chi connectivity index (χ0n) is 6.02. The first-order chi connectivity index (χ1) is 5.43. The van der Waals surface area contributed by atoms with E-state index in [2.05, 4.69) is 0 Å². The van der Waals surface area contributed by atoms with Gasteiger partial charge in [-0.05, 0) is 0 Å². The van der Waals surface area contributed by atoms with Gasteiger partial charge >= 0.3 is 11.9 Å². The van der Waals surface area contributed by atoms with Crippen LogP contribution < -0.4 is 5.11 Å². The molecule has 0 saturated carbocycles. The molecule has 0 aromatic carbocycles. The molecule has 68 valence electrons. The minimum atomic E-state index is -1.57. The number of carbonyl (C=O) groups excluding carboxylic acids is 1. The van der Waals surface area contributed by atoms with Crippen LogP contribution in [0, 0.1) is 5.92 Å². The molecule has 0 amide bonds. The number of carboxylic acid groups (broad SMARTS) is 3. The zero-order chi connectivity index (χ0) is 9.72. The minimum Gasteiger partial charge on any atom is -0.550 e. The largest absolute Gasteiger partial charge is 0.550 e. The molecule has 0 aromatic rings. The molecular weight excluding hydrogens is 168 g/mol. The van der Waals surface area contributed by atoms with E-state index in [1.54, 1.807) is 0 Å². The summed E-state index contributed by atoms with van der Waals surface area (Å²) in [6, 6.07) is 0. The second-order valence-corrected chi connectivity index (χ2v) is 2.21. The molecule has 1 atom stereocenters. The fraction of sp³-hybridized carbons (Fsp3) is 0.500. The second kappa shape index (κ2) is 4.32. The lowest BCUT2D eigenvalue weighted by Crippen LogP contribution is -2.29. The Morgan fingerprint density at radius 1 is 1.17 bits per heavy atom. The van der Waals surface area contributed by atoms with Gasteiger partial charge in [-0.3, -0.25) is 9.59 Å². The van der Waals surface area contributed by atoms with Crippen molar-refractivity contribution in [1.82, 2.24) is 0 Å². The van der Waals surface area contributed by atoms with Crippen molar-refractivity contribution in [3.05, 3.63) is 0 Å². The van der Waals surface area contributed by atoms with Gasteiger partial charge in [-0.2, -0.15) is 0 Å². The second-order valence-electron chi connectivity index (χ2n) is 2.21. The SMILES string of the molecule is O=C([O-])CC(CC(=O)O)C(=O)O. The van der Waals surface area contributed by atoms with Gasteiger partial charge < -0.3 is 20.1 Å². The summed E-state index contributed by atoms with van der Waals surface area (Å²) in [5.41, 5.74) is 0. The van der Waals surface area contributed by atoms with Crippen LogP contribution in [0.5, 0.6) is 0 Å². The van der Waals surface area contributed by atoms with E-state index < -0.39 is 36.7 Å². The lowest BCUT2D eigenvalue weighted by atomic mass is 10.0. The van der Waals surface area contributed by atoms with Crippen LogP contribution in [0.15, 0.2) is 0 Å². The van der Waals surface area contributed by atoms with Crippen LogP contribution in [0.3, 0.4) is 0 Å². The maximum atomic E-state index is 10.2. The zero-order valence-corrected chi connectivity index (χ0v) is 6.02. The number of hydrogen-bond donors (Lipinski definition) is 2. The van der Waals surface area contributed by atoms with Crippen LogP contribution in [0.2, 0.25) is 0 Å². The van der Waals surface area contributed by atoms with E-state index in [0.717, 1.165) is 0 Å². The standard InChI is InChI=1S/C6H8O6/c7-4(8)1-3(6(11)12)2-5(9)10/h3H,1-2H2,(H,7,8)(H,9,10)(H,11,12)/p-1. The molecule has 6 nitrogen and oxygen atoms in total. The summed E-state index contributed by atoms with van der Waals surface area (Å²) in [6.45, 7) is 0. The van der Waals surface area contributed by atoms with Crippen molar-refractivity contribution in [2.45, 2.75) is 12.8 Å². The quantitative estimate of drug-likeness (QED) is 0.514. The van der Waals surface area contributed by atoms with Gasteiger partial charge in [0.2, 0.25) is 0 Å². The van der Waals surface area contributed by atoms with Crippen molar-refractivity contribution in [3.8, 4) is 0 Å². The molecule has 6 heteroatoms. The third-order valence-corrected chi connectivity index (χ3v) is 1.18. The Hall–Kier alpha value is -1.59. The Bertz CT molecular complexity index is 192. The van der Waals surface area contributed by atoms with Crippen LogP contribution in [-0.4, -0.2) is 28.1 Å². The molecule has 0 saturated heterocycles. The summed E-state index contributed by atoms with van der Waals surface area (Å²) < 4.78 is 0.